The molecule has 0 aliphatic carbocycles. The molecule has 0 saturated heterocycles. The minimum absolute atomic E-state index is 0.304. The van der Waals surface area contributed by atoms with Crippen LogP contribution in [0.3, 0.4) is 0 Å². The van der Waals surface area contributed by atoms with E-state index in [0.717, 1.165) is 17.7 Å². The lowest BCUT2D eigenvalue weighted by Crippen LogP contribution is -2.13. The van der Waals surface area contributed by atoms with Gasteiger partial charge < -0.3 is 4.74 Å². The van der Waals surface area contributed by atoms with Gasteiger partial charge in [0.15, 0.2) is 5.13 Å². The Balaban J connectivity index is 1.79. The van der Waals surface area contributed by atoms with Crippen molar-refractivity contribution in [3.05, 3.63) is 64.0 Å². The van der Waals surface area contributed by atoms with Gasteiger partial charge in [-0.25, -0.2) is 4.98 Å². The van der Waals surface area contributed by atoms with Crippen molar-refractivity contribution in [2.24, 2.45) is 0 Å². The minimum Gasteiger partial charge on any atom is -0.496 e. The van der Waals surface area contributed by atoms with Gasteiger partial charge in [-0.2, -0.15) is 0 Å². The highest BCUT2D eigenvalue weighted by Gasteiger charge is 2.15. The van der Waals surface area contributed by atoms with Gasteiger partial charge in [0.25, 0.3) is 5.91 Å². The molecule has 1 N–H and O–H groups in total. The first-order valence-corrected chi connectivity index (χ1v) is 9.06. The van der Waals surface area contributed by atoms with Crippen molar-refractivity contribution in [2.75, 3.05) is 12.4 Å². The molecule has 0 unspecified atom stereocenters. The fourth-order valence-corrected chi connectivity index (χ4v) is 3.28. The van der Waals surface area contributed by atoms with E-state index in [0.29, 0.717) is 21.5 Å². The zero-order chi connectivity index (χ0) is 17.8. The normalized spacial score (nSPS) is 10.5. The maximum Gasteiger partial charge on any atom is 0.261 e. The molecule has 128 valence electrons. The molecule has 25 heavy (non-hydrogen) atoms. The Hall–Kier alpha value is -2.37. The van der Waals surface area contributed by atoms with E-state index in [1.165, 1.54) is 24.0 Å². The standard InChI is InChI=1S/C19H17ClN2O2S/c1-3-12-4-6-13(7-5-12)16-11-25-19(21-16)22-18(23)15-10-14(20)8-9-17(15)24-2/h4-11H,3H2,1-2H3,(H,21,22,23). The topological polar surface area (TPSA) is 51.2 Å². The number of aromatic nitrogens is 1. The number of aryl methyl sites for hydroxylation is 1. The van der Waals surface area contributed by atoms with Gasteiger partial charge in [-0.15, -0.1) is 11.3 Å². The van der Waals surface area contributed by atoms with E-state index >= 15 is 0 Å². The van der Waals surface area contributed by atoms with Crippen molar-refractivity contribution in [3.63, 3.8) is 0 Å². The number of hydrogen-bond donors (Lipinski definition) is 1. The number of thiazole rings is 1. The maximum absolute atomic E-state index is 12.5. The number of benzene rings is 2. The second kappa shape index (κ2) is 7.68. The second-order valence-electron chi connectivity index (χ2n) is 5.39. The Labute approximate surface area is 155 Å². The van der Waals surface area contributed by atoms with Gasteiger partial charge in [-0.3, -0.25) is 10.1 Å². The van der Waals surface area contributed by atoms with Crippen LogP contribution in [0.2, 0.25) is 5.02 Å². The van der Waals surface area contributed by atoms with Crippen molar-refractivity contribution >= 4 is 34.0 Å². The zero-order valence-corrected chi connectivity index (χ0v) is 15.4. The molecule has 0 spiro atoms. The fourth-order valence-electron chi connectivity index (χ4n) is 2.40. The van der Waals surface area contributed by atoms with Crippen LogP contribution in [0.1, 0.15) is 22.8 Å². The molecule has 0 saturated carbocycles. The van der Waals surface area contributed by atoms with Gasteiger partial charge in [-0.05, 0) is 30.2 Å². The van der Waals surface area contributed by atoms with Gasteiger partial charge in [0, 0.05) is 16.0 Å². The molecule has 0 radical (unpaired) electrons. The van der Waals surface area contributed by atoms with E-state index in [9.17, 15) is 4.79 Å². The van der Waals surface area contributed by atoms with E-state index in [1.54, 1.807) is 18.2 Å². The molecule has 1 aromatic heterocycles. The molecule has 2 aromatic carbocycles. The molecule has 4 nitrogen and oxygen atoms in total. The lowest BCUT2D eigenvalue weighted by atomic mass is 10.1. The predicted molar refractivity (Wildman–Crippen MR) is 103 cm³/mol. The summed E-state index contributed by atoms with van der Waals surface area (Å²) in [6.07, 6.45) is 1.00. The molecule has 1 amide bonds. The largest absolute Gasteiger partial charge is 0.496 e. The molecule has 0 aliphatic rings. The van der Waals surface area contributed by atoms with Gasteiger partial charge in [0.2, 0.25) is 0 Å². The Bertz CT molecular complexity index is 891. The first-order chi connectivity index (χ1) is 12.1. The Kier molecular flexibility index (Phi) is 5.36. The Morgan fingerprint density at radius 3 is 2.68 bits per heavy atom. The maximum atomic E-state index is 12.5. The first kappa shape index (κ1) is 17.5. The third-order valence-corrected chi connectivity index (χ3v) is 4.78. The Morgan fingerprint density at radius 2 is 2.00 bits per heavy atom. The summed E-state index contributed by atoms with van der Waals surface area (Å²) in [5, 5.41) is 5.73. The number of amides is 1. The second-order valence-corrected chi connectivity index (χ2v) is 6.68. The molecular weight excluding hydrogens is 356 g/mol. The number of carbonyl (C=O) groups excluding carboxylic acids is 1. The van der Waals surface area contributed by atoms with E-state index in [-0.39, 0.29) is 5.91 Å². The number of carbonyl (C=O) groups is 1. The summed E-state index contributed by atoms with van der Waals surface area (Å²) >= 11 is 7.36. The molecule has 6 heteroatoms. The number of nitrogens with one attached hydrogen (secondary N) is 1. The summed E-state index contributed by atoms with van der Waals surface area (Å²) in [6, 6.07) is 13.2. The summed E-state index contributed by atoms with van der Waals surface area (Å²) in [7, 11) is 1.52. The van der Waals surface area contributed by atoms with Crippen LogP contribution in [-0.4, -0.2) is 18.0 Å². The highest BCUT2D eigenvalue weighted by molar-refractivity contribution is 7.14. The summed E-state index contributed by atoms with van der Waals surface area (Å²) in [4.78, 5) is 17.0. The van der Waals surface area contributed by atoms with Crippen LogP contribution < -0.4 is 10.1 Å². The van der Waals surface area contributed by atoms with Crippen molar-refractivity contribution in [2.45, 2.75) is 13.3 Å². The van der Waals surface area contributed by atoms with Crippen LogP contribution in [0.4, 0.5) is 5.13 Å². The fraction of sp³-hybridized carbons (Fsp3) is 0.158. The number of hydrogen-bond acceptors (Lipinski definition) is 4. The lowest BCUT2D eigenvalue weighted by molar-refractivity contribution is 0.102. The monoisotopic (exact) mass is 372 g/mol. The SMILES string of the molecule is CCc1ccc(-c2csc(NC(=O)c3cc(Cl)ccc3OC)n2)cc1. The zero-order valence-electron chi connectivity index (χ0n) is 13.9. The molecule has 0 atom stereocenters. The van der Waals surface area contributed by atoms with Crippen molar-refractivity contribution in [3.8, 4) is 17.0 Å². The first-order valence-electron chi connectivity index (χ1n) is 7.80. The third kappa shape index (κ3) is 4.00. The van der Waals surface area contributed by atoms with Gasteiger partial charge in [0.1, 0.15) is 5.75 Å². The van der Waals surface area contributed by atoms with E-state index < -0.39 is 0 Å². The van der Waals surface area contributed by atoms with Crippen molar-refractivity contribution in [1.29, 1.82) is 0 Å². The van der Waals surface area contributed by atoms with Crippen LogP contribution in [-0.2, 0) is 6.42 Å². The van der Waals surface area contributed by atoms with E-state index in [2.05, 4.69) is 29.4 Å². The van der Waals surface area contributed by atoms with Crippen LogP contribution >= 0.6 is 22.9 Å². The van der Waals surface area contributed by atoms with Crippen LogP contribution in [0.15, 0.2) is 47.8 Å². The van der Waals surface area contributed by atoms with Crippen LogP contribution in [0, 0.1) is 0 Å². The molecule has 3 aromatic rings. The summed E-state index contributed by atoms with van der Waals surface area (Å²) in [6.45, 7) is 2.12. The van der Waals surface area contributed by atoms with Crippen molar-refractivity contribution < 1.29 is 9.53 Å². The lowest BCUT2D eigenvalue weighted by Gasteiger charge is -2.08. The van der Waals surface area contributed by atoms with Crippen LogP contribution in [0.5, 0.6) is 5.75 Å². The highest BCUT2D eigenvalue weighted by atomic mass is 35.5. The minimum atomic E-state index is -0.304. The van der Waals surface area contributed by atoms with E-state index in [4.69, 9.17) is 16.3 Å². The highest BCUT2D eigenvalue weighted by Crippen LogP contribution is 2.27. The number of methoxy groups -OCH3 is 1. The summed E-state index contributed by atoms with van der Waals surface area (Å²) < 4.78 is 5.22. The van der Waals surface area contributed by atoms with Gasteiger partial charge in [0.05, 0.1) is 18.4 Å². The van der Waals surface area contributed by atoms with Crippen molar-refractivity contribution in [1.82, 2.24) is 4.98 Å². The average molecular weight is 373 g/mol. The third-order valence-electron chi connectivity index (χ3n) is 3.79. The average Bonchev–Trinajstić information content (AvgIpc) is 3.10. The molecule has 0 bridgehead atoms. The molecule has 1 heterocycles. The number of rotatable bonds is 5. The summed E-state index contributed by atoms with van der Waals surface area (Å²) in [5.41, 5.74) is 3.51. The van der Waals surface area contributed by atoms with Gasteiger partial charge >= 0.3 is 0 Å². The predicted octanol–water partition coefficient (Wildman–Crippen LogP) is 5.29. The smallest absolute Gasteiger partial charge is 0.261 e. The molecular formula is C19H17ClN2O2S. The summed E-state index contributed by atoms with van der Waals surface area (Å²) in [5.74, 6) is 0.162. The van der Waals surface area contributed by atoms with E-state index in [1.807, 2.05) is 17.5 Å². The molecule has 3 rings (SSSR count). The number of anilines is 1. The molecule has 0 fully saturated rings. The number of nitrogens with zero attached hydrogens (tertiary/aromatic N) is 1. The van der Waals surface area contributed by atoms with Gasteiger partial charge in [-0.1, -0.05) is 42.8 Å². The number of halogens is 1. The number of ether oxygens (including phenoxy) is 1. The van der Waals surface area contributed by atoms with Crippen LogP contribution in [0.25, 0.3) is 11.3 Å². The molecule has 0 aliphatic heterocycles. The Morgan fingerprint density at radius 1 is 1.24 bits per heavy atom. The quantitative estimate of drug-likeness (QED) is 0.662.